The molecular weight excluding hydrogens is 473 g/mol. The van der Waals surface area contributed by atoms with Crippen LogP contribution >= 0.6 is 7.92 Å². The molecule has 0 N–H and O–H groups in total. The molecule has 0 fully saturated rings. The fourth-order valence-corrected chi connectivity index (χ4v) is 7.93. The summed E-state index contributed by atoms with van der Waals surface area (Å²) in [4.78, 5) is 4.68. The summed E-state index contributed by atoms with van der Waals surface area (Å²) in [6, 6.07) is 40.1. The number of hydrogen-bond donors (Lipinski definition) is 0. The molecule has 3 nitrogen and oxygen atoms in total. The Morgan fingerprint density at radius 2 is 1.27 bits per heavy atom. The maximum Gasteiger partial charge on any atom is 0.147 e. The first-order valence-electron chi connectivity index (χ1n) is 12.3. The Balaban J connectivity index is 1.31. The molecule has 0 saturated heterocycles. The molecule has 1 atom stereocenters. The Morgan fingerprint density at radius 1 is 0.541 bits per heavy atom. The summed E-state index contributed by atoms with van der Waals surface area (Å²) >= 11 is 0. The lowest BCUT2D eigenvalue weighted by molar-refractivity contribution is 0.467. The summed E-state index contributed by atoms with van der Waals surface area (Å²) in [5.41, 5.74) is 5.40. The Morgan fingerprint density at radius 3 is 2.14 bits per heavy atom. The molecule has 37 heavy (non-hydrogen) atoms. The molecule has 4 heteroatoms. The van der Waals surface area contributed by atoms with Gasteiger partial charge in [0.15, 0.2) is 0 Å². The van der Waals surface area contributed by atoms with Crippen molar-refractivity contribution in [3.63, 3.8) is 0 Å². The lowest BCUT2D eigenvalue weighted by atomic mass is 9.98. The standard InChI is InChI=1S/C33H20NO2P/c1-2-11-26-23(8-1)19-24(20-34-26)21-9-7-10-22(18-21)25-16-17-29-33-32(25)36-28-13-4-6-15-31(28)37(33)30-14-5-3-12-27(30)35-29/h1-20H. The molecule has 3 heterocycles. The Bertz CT molecular complexity index is 1850. The number of hydrogen-bond acceptors (Lipinski definition) is 3. The molecule has 2 aliphatic heterocycles. The van der Waals surface area contributed by atoms with Gasteiger partial charge in [0.1, 0.15) is 23.0 Å². The maximum atomic E-state index is 6.65. The summed E-state index contributed by atoms with van der Waals surface area (Å²) in [6.07, 6.45) is 1.95. The molecule has 5 aromatic carbocycles. The van der Waals surface area contributed by atoms with Gasteiger partial charge in [-0.15, -0.1) is 0 Å². The molecule has 0 spiro atoms. The number of pyridine rings is 1. The molecule has 174 valence electrons. The molecule has 1 unspecified atom stereocenters. The van der Waals surface area contributed by atoms with E-state index in [4.69, 9.17) is 9.47 Å². The predicted octanol–water partition coefficient (Wildman–Crippen LogP) is 7.54. The Kier molecular flexibility index (Phi) is 4.49. The van der Waals surface area contributed by atoms with Gasteiger partial charge in [-0.3, -0.25) is 4.98 Å². The fraction of sp³-hybridized carbons (Fsp3) is 0. The van der Waals surface area contributed by atoms with Crippen LogP contribution < -0.4 is 25.4 Å². The van der Waals surface area contributed by atoms with Crippen molar-refractivity contribution in [2.24, 2.45) is 0 Å². The van der Waals surface area contributed by atoms with Crippen LogP contribution in [0.5, 0.6) is 23.0 Å². The molecular formula is C33H20NO2P. The van der Waals surface area contributed by atoms with Crippen molar-refractivity contribution in [2.75, 3.05) is 0 Å². The molecule has 0 aliphatic carbocycles. The van der Waals surface area contributed by atoms with E-state index in [0.717, 1.165) is 61.5 Å². The van der Waals surface area contributed by atoms with Gasteiger partial charge in [0.05, 0.1) is 10.8 Å². The minimum absolute atomic E-state index is 0.789. The number of rotatable bonds is 2. The summed E-state index contributed by atoms with van der Waals surface area (Å²) in [5, 5.41) is 4.75. The third kappa shape index (κ3) is 3.21. The average Bonchev–Trinajstić information content (AvgIpc) is 2.97. The van der Waals surface area contributed by atoms with Gasteiger partial charge in [-0.25, -0.2) is 0 Å². The van der Waals surface area contributed by atoms with E-state index in [1.807, 2.05) is 30.5 Å². The molecule has 1 aromatic heterocycles. The maximum absolute atomic E-state index is 6.65. The number of fused-ring (bicyclic) bond motifs is 5. The van der Waals surface area contributed by atoms with Crippen molar-refractivity contribution in [3.05, 3.63) is 121 Å². The Labute approximate surface area is 215 Å². The van der Waals surface area contributed by atoms with Crippen molar-refractivity contribution < 1.29 is 9.47 Å². The topological polar surface area (TPSA) is 31.4 Å². The Hall–Kier alpha value is -4.46. The molecule has 6 aromatic rings. The number of aromatic nitrogens is 1. The van der Waals surface area contributed by atoms with Crippen molar-refractivity contribution >= 4 is 34.7 Å². The number of benzene rings is 5. The highest BCUT2D eigenvalue weighted by Crippen LogP contribution is 2.54. The van der Waals surface area contributed by atoms with Crippen molar-refractivity contribution in [3.8, 4) is 45.3 Å². The van der Waals surface area contributed by atoms with E-state index in [1.54, 1.807) is 0 Å². The van der Waals surface area contributed by atoms with Crippen LogP contribution in [-0.4, -0.2) is 4.98 Å². The number of para-hydroxylation sites is 3. The highest BCUT2D eigenvalue weighted by molar-refractivity contribution is 7.80. The van der Waals surface area contributed by atoms with Crippen molar-refractivity contribution in [1.29, 1.82) is 0 Å². The number of ether oxygens (including phenoxy) is 2. The van der Waals surface area contributed by atoms with E-state index < -0.39 is 7.92 Å². The van der Waals surface area contributed by atoms with E-state index in [1.165, 1.54) is 10.6 Å². The van der Waals surface area contributed by atoms with Gasteiger partial charge in [0.2, 0.25) is 0 Å². The molecule has 0 radical (unpaired) electrons. The molecule has 0 bridgehead atoms. The van der Waals surface area contributed by atoms with Crippen LogP contribution in [0.2, 0.25) is 0 Å². The van der Waals surface area contributed by atoms with E-state index in [2.05, 4.69) is 96.0 Å². The van der Waals surface area contributed by atoms with E-state index in [-0.39, 0.29) is 0 Å². The number of nitrogens with zero attached hydrogens (tertiary/aromatic N) is 1. The fourth-order valence-electron chi connectivity index (χ4n) is 5.33. The van der Waals surface area contributed by atoms with Crippen LogP contribution in [0.25, 0.3) is 33.2 Å². The third-order valence-corrected chi connectivity index (χ3v) is 9.63. The second kappa shape index (κ2) is 8.03. The van der Waals surface area contributed by atoms with Crippen molar-refractivity contribution in [1.82, 2.24) is 4.98 Å². The first-order chi connectivity index (χ1) is 18.3. The highest BCUT2D eigenvalue weighted by Gasteiger charge is 2.38. The minimum Gasteiger partial charge on any atom is -0.456 e. The summed E-state index contributed by atoms with van der Waals surface area (Å²) in [5.74, 6) is 3.63. The lowest BCUT2D eigenvalue weighted by Gasteiger charge is -2.35. The van der Waals surface area contributed by atoms with Gasteiger partial charge in [-0.05, 0) is 53.6 Å². The average molecular weight is 494 g/mol. The van der Waals surface area contributed by atoms with Crippen LogP contribution in [0.3, 0.4) is 0 Å². The first kappa shape index (κ1) is 20.7. The van der Waals surface area contributed by atoms with Crippen LogP contribution in [-0.2, 0) is 0 Å². The van der Waals surface area contributed by atoms with Crippen LogP contribution in [0.4, 0.5) is 0 Å². The van der Waals surface area contributed by atoms with E-state index in [0.29, 0.717) is 0 Å². The monoisotopic (exact) mass is 493 g/mol. The minimum atomic E-state index is -0.789. The lowest BCUT2D eigenvalue weighted by Crippen LogP contribution is -2.32. The second-order valence-electron chi connectivity index (χ2n) is 9.26. The zero-order valence-corrected chi connectivity index (χ0v) is 20.7. The molecule has 0 saturated carbocycles. The zero-order chi connectivity index (χ0) is 24.3. The predicted molar refractivity (Wildman–Crippen MR) is 151 cm³/mol. The van der Waals surface area contributed by atoms with Crippen LogP contribution in [0.15, 0.2) is 121 Å². The second-order valence-corrected chi connectivity index (χ2v) is 11.3. The van der Waals surface area contributed by atoms with E-state index >= 15 is 0 Å². The van der Waals surface area contributed by atoms with Gasteiger partial charge >= 0.3 is 0 Å². The normalized spacial score (nSPS) is 14.6. The third-order valence-electron chi connectivity index (χ3n) is 7.06. The van der Waals surface area contributed by atoms with Gasteiger partial charge in [0, 0.05) is 41.2 Å². The first-order valence-corrected chi connectivity index (χ1v) is 13.6. The SMILES string of the molecule is c1cc(-c2cnc3ccccc3c2)cc(-c2ccc3c4c2Oc2ccccc2P4c2ccccc2O3)c1. The van der Waals surface area contributed by atoms with E-state index in [9.17, 15) is 0 Å². The largest absolute Gasteiger partial charge is 0.456 e. The summed E-state index contributed by atoms with van der Waals surface area (Å²) in [6.45, 7) is 0. The van der Waals surface area contributed by atoms with Crippen LogP contribution in [0.1, 0.15) is 0 Å². The molecule has 0 amide bonds. The van der Waals surface area contributed by atoms with Crippen molar-refractivity contribution in [2.45, 2.75) is 0 Å². The summed E-state index contributed by atoms with van der Waals surface area (Å²) in [7, 11) is -0.789. The summed E-state index contributed by atoms with van der Waals surface area (Å²) < 4.78 is 13.0. The molecule has 2 aliphatic rings. The smallest absolute Gasteiger partial charge is 0.147 e. The zero-order valence-electron chi connectivity index (χ0n) is 19.8. The van der Waals surface area contributed by atoms with Gasteiger partial charge in [-0.1, -0.05) is 72.8 Å². The quantitative estimate of drug-likeness (QED) is 0.233. The van der Waals surface area contributed by atoms with Crippen LogP contribution in [0, 0.1) is 0 Å². The van der Waals surface area contributed by atoms with Gasteiger partial charge < -0.3 is 9.47 Å². The molecule has 8 rings (SSSR count). The van der Waals surface area contributed by atoms with Gasteiger partial charge in [-0.2, -0.15) is 0 Å². The van der Waals surface area contributed by atoms with Gasteiger partial charge in [0.25, 0.3) is 0 Å². The highest BCUT2D eigenvalue weighted by atomic mass is 31.1.